The minimum absolute atomic E-state index is 0.149. The summed E-state index contributed by atoms with van der Waals surface area (Å²) in [5, 5.41) is 0. The average molecular weight is 410 g/mol. The van der Waals surface area contributed by atoms with Crippen molar-refractivity contribution in [1.29, 1.82) is 0 Å². The van der Waals surface area contributed by atoms with E-state index in [4.69, 9.17) is 4.74 Å². The van der Waals surface area contributed by atoms with Gasteiger partial charge in [-0.25, -0.2) is 0 Å². The van der Waals surface area contributed by atoms with Crippen LogP contribution in [0.4, 0.5) is 0 Å². The van der Waals surface area contributed by atoms with Crippen LogP contribution in [0.2, 0.25) is 0 Å². The molecule has 0 saturated carbocycles. The Morgan fingerprint density at radius 3 is 1.77 bits per heavy atom. The molecule has 1 unspecified atom stereocenters. The van der Waals surface area contributed by atoms with Crippen molar-refractivity contribution in [2.75, 3.05) is 19.7 Å². The number of rotatable bonds is 12. The van der Waals surface area contributed by atoms with Crippen molar-refractivity contribution in [2.45, 2.75) is 65.3 Å². The molecule has 3 heteroatoms. The van der Waals surface area contributed by atoms with Crippen molar-refractivity contribution in [2.24, 2.45) is 5.92 Å². The summed E-state index contributed by atoms with van der Waals surface area (Å²) >= 11 is 0. The summed E-state index contributed by atoms with van der Waals surface area (Å²) in [7, 11) is 0. The highest BCUT2D eigenvalue weighted by atomic mass is 16.5. The predicted molar refractivity (Wildman–Crippen MR) is 126 cm³/mol. The number of hydrogen-bond acceptors (Lipinski definition) is 3. The van der Waals surface area contributed by atoms with Gasteiger partial charge in [-0.05, 0) is 56.3 Å². The number of benzene rings is 2. The van der Waals surface area contributed by atoms with E-state index < -0.39 is 5.41 Å². The van der Waals surface area contributed by atoms with E-state index in [0.717, 1.165) is 37.1 Å². The maximum atomic E-state index is 13.7. The summed E-state index contributed by atoms with van der Waals surface area (Å²) in [6.45, 7) is 13.2. The second kappa shape index (κ2) is 11.9. The molecule has 0 heterocycles. The number of carbonyl (C=O) groups excluding carboxylic acids is 1. The van der Waals surface area contributed by atoms with Gasteiger partial charge >= 0.3 is 5.97 Å². The molecular weight excluding hydrogens is 370 g/mol. The Hall–Kier alpha value is -2.13. The van der Waals surface area contributed by atoms with E-state index >= 15 is 0 Å². The Morgan fingerprint density at radius 1 is 0.867 bits per heavy atom. The molecule has 0 saturated heterocycles. The molecule has 0 aliphatic rings. The molecule has 1 atom stereocenters. The zero-order chi connectivity index (χ0) is 22.0. The van der Waals surface area contributed by atoms with Crippen LogP contribution >= 0.6 is 0 Å². The first-order valence-corrected chi connectivity index (χ1v) is 11.5. The maximum Gasteiger partial charge on any atom is 0.321 e. The van der Waals surface area contributed by atoms with Crippen molar-refractivity contribution in [3.63, 3.8) is 0 Å². The van der Waals surface area contributed by atoms with Crippen LogP contribution in [-0.2, 0) is 14.9 Å². The quantitative estimate of drug-likeness (QED) is 0.398. The summed E-state index contributed by atoms with van der Waals surface area (Å²) in [5.74, 6) is 0.484. The maximum absolute atomic E-state index is 13.7. The molecule has 2 aromatic rings. The molecule has 0 radical (unpaired) electrons. The third kappa shape index (κ3) is 5.72. The van der Waals surface area contributed by atoms with Crippen LogP contribution in [0, 0.1) is 5.92 Å². The third-order valence-electron chi connectivity index (χ3n) is 6.10. The minimum Gasteiger partial charge on any atom is -0.465 e. The first-order valence-electron chi connectivity index (χ1n) is 11.5. The van der Waals surface area contributed by atoms with Gasteiger partial charge in [0.15, 0.2) is 0 Å². The first kappa shape index (κ1) is 24.1. The lowest BCUT2D eigenvalue weighted by Gasteiger charge is -2.40. The van der Waals surface area contributed by atoms with Crippen LogP contribution in [-0.4, -0.2) is 36.6 Å². The molecule has 2 aromatic carbocycles. The van der Waals surface area contributed by atoms with Crippen molar-refractivity contribution >= 4 is 5.97 Å². The summed E-state index contributed by atoms with van der Waals surface area (Å²) in [6.07, 6.45) is 2.93. The van der Waals surface area contributed by atoms with Crippen LogP contribution in [0.15, 0.2) is 60.7 Å². The van der Waals surface area contributed by atoms with E-state index in [1.807, 2.05) is 43.3 Å². The van der Waals surface area contributed by atoms with E-state index in [9.17, 15) is 4.79 Å². The van der Waals surface area contributed by atoms with Gasteiger partial charge < -0.3 is 9.64 Å². The van der Waals surface area contributed by atoms with Gasteiger partial charge in [-0.1, -0.05) is 88.4 Å². The average Bonchev–Trinajstić information content (AvgIpc) is 2.77. The molecular formula is C27H39NO2. The van der Waals surface area contributed by atoms with Gasteiger partial charge in [0, 0.05) is 6.04 Å². The highest BCUT2D eigenvalue weighted by Gasteiger charge is 2.45. The highest BCUT2D eigenvalue weighted by Crippen LogP contribution is 2.40. The smallest absolute Gasteiger partial charge is 0.321 e. The summed E-state index contributed by atoms with van der Waals surface area (Å²) < 4.78 is 5.73. The molecule has 0 N–H and O–H groups in total. The van der Waals surface area contributed by atoms with Crippen molar-refractivity contribution < 1.29 is 9.53 Å². The van der Waals surface area contributed by atoms with Gasteiger partial charge in [0.05, 0.1) is 6.61 Å². The SMILES string of the molecule is CCOC(=O)C(CC(CCC(C)C)N(CC)CC)(c1ccccc1)c1ccccc1. The van der Waals surface area contributed by atoms with Gasteiger partial charge in [0.1, 0.15) is 5.41 Å². The molecule has 0 aliphatic carbocycles. The van der Waals surface area contributed by atoms with Crippen LogP contribution < -0.4 is 0 Å². The van der Waals surface area contributed by atoms with Crippen LogP contribution in [0.1, 0.15) is 65.0 Å². The number of ether oxygens (including phenoxy) is 1. The van der Waals surface area contributed by atoms with Gasteiger partial charge in [0.25, 0.3) is 0 Å². The summed E-state index contributed by atoms with van der Waals surface area (Å²) in [5.41, 5.74) is 1.20. The van der Waals surface area contributed by atoms with Crippen LogP contribution in [0.25, 0.3) is 0 Å². The van der Waals surface area contributed by atoms with E-state index in [2.05, 4.69) is 56.9 Å². The Bertz CT molecular complexity index is 698. The fourth-order valence-electron chi connectivity index (χ4n) is 4.45. The topological polar surface area (TPSA) is 29.5 Å². The monoisotopic (exact) mass is 409 g/mol. The fraction of sp³-hybridized carbons (Fsp3) is 0.519. The van der Waals surface area contributed by atoms with Crippen molar-refractivity contribution in [3.05, 3.63) is 71.8 Å². The molecule has 0 fully saturated rings. The lowest BCUT2D eigenvalue weighted by molar-refractivity contribution is -0.149. The van der Waals surface area contributed by atoms with Crippen molar-refractivity contribution in [1.82, 2.24) is 4.90 Å². The highest BCUT2D eigenvalue weighted by molar-refractivity contribution is 5.87. The first-order chi connectivity index (χ1) is 14.5. The lowest BCUT2D eigenvalue weighted by atomic mass is 9.69. The van der Waals surface area contributed by atoms with E-state index in [-0.39, 0.29) is 5.97 Å². The van der Waals surface area contributed by atoms with E-state index in [1.165, 1.54) is 0 Å². The molecule has 30 heavy (non-hydrogen) atoms. The fourth-order valence-corrected chi connectivity index (χ4v) is 4.45. The standard InChI is InChI=1S/C27H39NO2/c1-6-28(7-2)25(20-19-22(4)5)21-27(26(29)30-8-3,23-15-11-9-12-16-23)24-17-13-10-14-18-24/h9-18,22,25H,6-8,19-21H2,1-5H3. The summed E-state index contributed by atoms with van der Waals surface area (Å²) in [4.78, 5) is 16.2. The number of esters is 1. The Labute approximate surface area is 183 Å². The normalized spacial score (nSPS) is 12.9. The zero-order valence-corrected chi connectivity index (χ0v) is 19.4. The molecule has 0 aromatic heterocycles. The number of nitrogens with zero attached hydrogens (tertiary/aromatic N) is 1. The molecule has 3 nitrogen and oxygen atoms in total. The van der Waals surface area contributed by atoms with Gasteiger partial charge in [-0.15, -0.1) is 0 Å². The van der Waals surface area contributed by atoms with Gasteiger partial charge in [0.2, 0.25) is 0 Å². The molecule has 2 rings (SSSR count). The molecule has 164 valence electrons. The Morgan fingerprint density at radius 2 is 1.37 bits per heavy atom. The Balaban J connectivity index is 2.64. The second-order valence-electron chi connectivity index (χ2n) is 8.41. The van der Waals surface area contributed by atoms with Gasteiger partial charge in [-0.3, -0.25) is 4.79 Å². The third-order valence-corrected chi connectivity index (χ3v) is 6.10. The zero-order valence-electron chi connectivity index (χ0n) is 19.4. The van der Waals surface area contributed by atoms with Gasteiger partial charge in [-0.2, -0.15) is 0 Å². The van der Waals surface area contributed by atoms with Crippen LogP contribution in [0.3, 0.4) is 0 Å². The van der Waals surface area contributed by atoms with E-state index in [0.29, 0.717) is 25.0 Å². The molecule has 0 spiro atoms. The molecule has 0 amide bonds. The predicted octanol–water partition coefficient (Wildman–Crippen LogP) is 6.07. The number of carbonyl (C=O) groups is 1. The van der Waals surface area contributed by atoms with E-state index in [1.54, 1.807) is 0 Å². The number of hydrogen-bond donors (Lipinski definition) is 0. The van der Waals surface area contributed by atoms with Crippen LogP contribution in [0.5, 0.6) is 0 Å². The largest absolute Gasteiger partial charge is 0.465 e. The van der Waals surface area contributed by atoms with Crippen molar-refractivity contribution in [3.8, 4) is 0 Å². The molecule has 0 bridgehead atoms. The minimum atomic E-state index is -0.817. The molecule has 0 aliphatic heterocycles. The lowest BCUT2D eigenvalue weighted by Crippen LogP contribution is -2.47. The second-order valence-corrected chi connectivity index (χ2v) is 8.41. The summed E-state index contributed by atoms with van der Waals surface area (Å²) in [6, 6.07) is 20.7. The Kier molecular flexibility index (Phi) is 9.58.